The third kappa shape index (κ3) is 3.92. The first-order valence-corrected chi connectivity index (χ1v) is 10.7. The molecule has 162 valence electrons. The summed E-state index contributed by atoms with van der Waals surface area (Å²) in [6.07, 6.45) is 3.44. The van der Waals surface area contributed by atoms with Gasteiger partial charge in [-0.25, -0.2) is 9.69 Å². The quantitative estimate of drug-likeness (QED) is 0.347. The lowest BCUT2D eigenvalue weighted by molar-refractivity contribution is -0.122. The molecule has 1 N–H and O–H groups in total. The number of nitrogens with zero attached hydrogens (tertiary/aromatic N) is 2. The Morgan fingerprint density at radius 2 is 1.55 bits per heavy atom. The van der Waals surface area contributed by atoms with Gasteiger partial charge < -0.3 is 4.57 Å². The summed E-state index contributed by atoms with van der Waals surface area (Å²) in [4.78, 5) is 39.1. The average Bonchev–Trinajstić information content (AvgIpc) is 3.16. The highest BCUT2D eigenvalue weighted by molar-refractivity contribution is 6.39. The molecule has 5 rings (SSSR count). The topological polar surface area (TPSA) is 71.4 Å². The van der Waals surface area contributed by atoms with Crippen LogP contribution in [-0.4, -0.2) is 22.4 Å². The standard InChI is InChI=1S/C26H18ClN3O3/c27-19-12-10-17(11-13-19)15-29-16-18(21-8-4-5-9-23(21)29)14-22-24(31)28-26(33)30(25(22)32)20-6-2-1-3-7-20/h1-14,16H,15H2,(H,28,31,33)/b22-14+. The van der Waals surface area contributed by atoms with E-state index in [9.17, 15) is 14.4 Å². The number of benzene rings is 3. The number of carbonyl (C=O) groups is 3. The molecule has 1 aliphatic heterocycles. The highest BCUT2D eigenvalue weighted by Gasteiger charge is 2.36. The minimum atomic E-state index is -0.765. The fourth-order valence-corrected chi connectivity index (χ4v) is 4.06. The zero-order valence-electron chi connectivity index (χ0n) is 17.4. The van der Waals surface area contributed by atoms with Crippen LogP contribution in [0.15, 0.2) is 90.6 Å². The van der Waals surface area contributed by atoms with Gasteiger partial charge in [-0.05, 0) is 42.0 Å². The summed E-state index contributed by atoms with van der Waals surface area (Å²) in [5.74, 6) is -1.38. The molecule has 1 aromatic heterocycles. The van der Waals surface area contributed by atoms with Gasteiger partial charge in [0.05, 0.1) is 5.69 Å². The van der Waals surface area contributed by atoms with Crippen molar-refractivity contribution in [2.75, 3.05) is 4.90 Å². The van der Waals surface area contributed by atoms with E-state index in [1.165, 1.54) is 0 Å². The Labute approximate surface area is 194 Å². The largest absolute Gasteiger partial charge is 0.342 e. The lowest BCUT2D eigenvalue weighted by atomic mass is 10.1. The van der Waals surface area contributed by atoms with Gasteiger partial charge in [-0.15, -0.1) is 0 Å². The highest BCUT2D eigenvalue weighted by atomic mass is 35.5. The molecule has 4 aromatic rings. The van der Waals surface area contributed by atoms with Gasteiger partial charge in [0.1, 0.15) is 5.57 Å². The Bertz CT molecular complexity index is 1420. The van der Waals surface area contributed by atoms with Crippen molar-refractivity contribution in [1.82, 2.24) is 9.88 Å². The van der Waals surface area contributed by atoms with E-state index >= 15 is 0 Å². The second-order valence-electron chi connectivity index (χ2n) is 7.65. The molecule has 3 aromatic carbocycles. The van der Waals surface area contributed by atoms with E-state index < -0.39 is 17.8 Å². The van der Waals surface area contributed by atoms with E-state index in [1.54, 1.807) is 36.4 Å². The highest BCUT2D eigenvalue weighted by Crippen LogP contribution is 2.27. The summed E-state index contributed by atoms with van der Waals surface area (Å²) in [5.41, 5.74) is 3.02. The molecular weight excluding hydrogens is 438 g/mol. The maximum absolute atomic E-state index is 13.2. The van der Waals surface area contributed by atoms with Crippen molar-refractivity contribution in [3.63, 3.8) is 0 Å². The van der Waals surface area contributed by atoms with Crippen LogP contribution in [-0.2, 0) is 16.1 Å². The molecule has 1 fully saturated rings. The summed E-state index contributed by atoms with van der Waals surface area (Å²) in [7, 11) is 0. The van der Waals surface area contributed by atoms with Gasteiger partial charge in [0.2, 0.25) is 0 Å². The third-order valence-electron chi connectivity index (χ3n) is 5.50. The number of amides is 4. The number of hydrogen-bond donors (Lipinski definition) is 1. The number of anilines is 1. The van der Waals surface area contributed by atoms with E-state index in [-0.39, 0.29) is 5.57 Å². The summed E-state index contributed by atoms with van der Waals surface area (Å²) in [6.45, 7) is 0.593. The molecule has 1 aliphatic rings. The van der Waals surface area contributed by atoms with Gasteiger partial charge in [-0.3, -0.25) is 14.9 Å². The molecule has 0 spiro atoms. The van der Waals surface area contributed by atoms with Crippen LogP contribution < -0.4 is 10.2 Å². The average molecular weight is 456 g/mol. The van der Waals surface area contributed by atoms with Crippen molar-refractivity contribution in [3.05, 3.63) is 107 Å². The van der Waals surface area contributed by atoms with Gasteiger partial charge in [0.25, 0.3) is 11.8 Å². The molecule has 4 amide bonds. The molecular formula is C26H18ClN3O3. The first-order chi connectivity index (χ1) is 16.0. The fourth-order valence-electron chi connectivity index (χ4n) is 3.93. The number of hydrogen-bond acceptors (Lipinski definition) is 3. The van der Waals surface area contributed by atoms with Gasteiger partial charge in [0, 0.05) is 34.2 Å². The lowest BCUT2D eigenvalue weighted by Crippen LogP contribution is -2.54. The Balaban J connectivity index is 1.56. The van der Waals surface area contributed by atoms with E-state index in [4.69, 9.17) is 11.6 Å². The van der Waals surface area contributed by atoms with Gasteiger partial charge >= 0.3 is 6.03 Å². The summed E-state index contributed by atoms with van der Waals surface area (Å²) in [5, 5.41) is 3.83. The Hall–Kier alpha value is -4.16. The summed E-state index contributed by atoms with van der Waals surface area (Å²) >= 11 is 6.00. The Kier molecular flexibility index (Phi) is 5.28. The van der Waals surface area contributed by atoms with Gasteiger partial charge in [0.15, 0.2) is 0 Å². The molecule has 2 heterocycles. The lowest BCUT2D eigenvalue weighted by Gasteiger charge is -2.26. The zero-order chi connectivity index (χ0) is 22.9. The third-order valence-corrected chi connectivity index (χ3v) is 5.75. The molecule has 7 heteroatoms. The van der Waals surface area contributed by atoms with Gasteiger partial charge in [-0.1, -0.05) is 60.1 Å². The van der Waals surface area contributed by atoms with Gasteiger partial charge in [-0.2, -0.15) is 0 Å². The van der Waals surface area contributed by atoms with Crippen molar-refractivity contribution in [2.24, 2.45) is 0 Å². The Morgan fingerprint density at radius 1 is 0.848 bits per heavy atom. The van der Waals surface area contributed by atoms with E-state index in [0.717, 1.165) is 21.4 Å². The SMILES string of the molecule is O=C1NC(=O)N(c2ccccc2)C(=O)/C1=C/c1cn(Cc2ccc(Cl)cc2)c2ccccc12. The number of para-hydroxylation sites is 2. The number of halogens is 1. The first kappa shape index (κ1) is 20.7. The minimum Gasteiger partial charge on any atom is -0.342 e. The predicted molar refractivity (Wildman–Crippen MR) is 128 cm³/mol. The molecule has 0 saturated carbocycles. The minimum absolute atomic E-state index is 0.104. The number of carbonyl (C=O) groups excluding carboxylic acids is 3. The monoisotopic (exact) mass is 455 g/mol. The van der Waals surface area contributed by atoms with Crippen molar-refractivity contribution in [3.8, 4) is 0 Å². The fraction of sp³-hybridized carbons (Fsp3) is 0.0385. The summed E-state index contributed by atoms with van der Waals surface area (Å²) < 4.78 is 2.05. The van der Waals surface area contributed by atoms with Crippen molar-refractivity contribution < 1.29 is 14.4 Å². The van der Waals surface area contributed by atoms with Crippen LogP contribution in [0.5, 0.6) is 0 Å². The maximum Gasteiger partial charge on any atom is 0.335 e. The summed E-state index contributed by atoms with van der Waals surface area (Å²) in [6, 6.07) is 23.1. The second kappa shape index (κ2) is 8.41. The van der Waals surface area contributed by atoms with E-state index in [1.807, 2.05) is 54.7 Å². The maximum atomic E-state index is 13.2. The number of imide groups is 2. The number of fused-ring (bicyclic) bond motifs is 1. The van der Waals surface area contributed by atoms with Crippen LogP contribution in [0.2, 0.25) is 5.02 Å². The zero-order valence-corrected chi connectivity index (χ0v) is 18.1. The van der Waals surface area contributed by atoms with E-state index in [0.29, 0.717) is 22.8 Å². The molecule has 6 nitrogen and oxygen atoms in total. The first-order valence-electron chi connectivity index (χ1n) is 10.3. The molecule has 0 atom stereocenters. The smallest absolute Gasteiger partial charge is 0.335 e. The van der Waals surface area contributed by atoms with Crippen molar-refractivity contribution in [2.45, 2.75) is 6.54 Å². The Morgan fingerprint density at radius 3 is 2.30 bits per heavy atom. The predicted octanol–water partition coefficient (Wildman–Crippen LogP) is 5.01. The number of nitrogens with one attached hydrogen (secondary N) is 1. The normalized spacial score (nSPS) is 15.4. The van der Waals surface area contributed by atoms with E-state index in [2.05, 4.69) is 9.88 Å². The van der Waals surface area contributed by atoms with Crippen LogP contribution in [0.25, 0.3) is 17.0 Å². The molecule has 0 aliphatic carbocycles. The molecule has 0 unspecified atom stereocenters. The van der Waals surface area contributed by atoms with Crippen molar-refractivity contribution in [1.29, 1.82) is 0 Å². The van der Waals surface area contributed by atoms with Crippen LogP contribution in [0.4, 0.5) is 10.5 Å². The number of rotatable bonds is 4. The number of urea groups is 1. The molecule has 1 saturated heterocycles. The van der Waals surface area contributed by atoms with Crippen LogP contribution in [0, 0.1) is 0 Å². The van der Waals surface area contributed by atoms with Crippen molar-refractivity contribution >= 4 is 52.1 Å². The number of aromatic nitrogens is 1. The second-order valence-corrected chi connectivity index (χ2v) is 8.09. The molecule has 33 heavy (non-hydrogen) atoms. The van der Waals surface area contributed by atoms with Crippen LogP contribution >= 0.6 is 11.6 Å². The molecule has 0 bridgehead atoms. The molecule has 0 radical (unpaired) electrons. The number of barbiturate groups is 1. The van der Waals surface area contributed by atoms with Crippen LogP contribution in [0.3, 0.4) is 0 Å². The van der Waals surface area contributed by atoms with Crippen LogP contribution in [0.1, 0.15) is 11.1 Å².